The Kier molecular flexibility index (Phi) is 6.49. The summed E-state index contributed by atoms with van der Waals surface area (Å²) in [6.07, 6.45) is 0. The Labute approximate surface area is 176 Å². The maximum absolute atomic E-state index is 12.7. The van der Waals surface area contributed by atoms with E-state index in [1.54, 1.807) is 42.5 Å². The lowest BCUT2D eigenvalue weighted by molar-refractivity contribution is -0.384. The average Bonchev–Trinajstić information content (AvgIpc) is 2.77. The molecule has 0 spiro atoms. The van der Waals surface area contributed by atoms with Crippen LogP contribution in [0.5, 0.6) is 0 Å². The number of methoxy groups -OCH3 is 1. The van der Waals surface area contributed by atoms with Gasteiger partial charge in [-0.25, -0.2) is 0 Å². The SMILES string of the molecule is COC(=O)[C@H]1C(=O)NC(SCc2ccc([N+](=O)[O-])cc2)=C(C#N)[C@@H]1c1ccccc1. The molecule has 2 aromatic carbocycles. The van der Waals surface area contributed by atoms with Gasteiger partial charge < -0.3 is 10.1 Å². The largest absolute Gasteiger partial charge is 0.468 e. The zero-order chi connectivity index (χ0) is 21.7. The van der Waals surface area contributed by atoms with Gasteiger partial charge in [-0.1, -0.05) is 42.5 Å². The molecule has 0 bridgehead atoms. The topological polar surface area (TPSA) is 122 Å². The van der Waals surface area contributed by atoms with E-state index >= 15 is 0 Å². The Hall–Kier alpha value is -3.64. The van der Waals surface area contributed by atoms with E-state index in [2.05, 4.69) is 11.4 Å². The number of benzene rings is 2. The standard InChI is InChI=1S/C21H17N3O5S/c1-29-21(26)18-17(14-5-3-2-4-6-14)16(11-22)20(23-19(18)25)30-12-13-7-9-15(10-8-13)24(27)28/h2-10,17-18H,12H2,1H3,(H,23,25)/t17-,18+/m0/s1. The van der Waals surface area contributed by atoms with Gasteiger partial charge >= 0.3 is 5.97 Å². The number of amides is 1. The minimum Gasteiger partial charge on any atom is -0.468 e. The summed E-state index contributed by atoms with van der Waals surface area (Å²) < 4.78 is 4.81. The Balaban J connectivity index is 1.94. The van der Waals surface area contributed by atoms with E-state index < -0.39 is 28.6 Å². The van der Waals surface area contributed by atoms with Crippen LogP contribution in [-0.2, 0) is 20.1 Å². The van der Waals surface area contributed by atoms with Crippen LogP contribution in [-0.4, -0.2) is 23.9 Å². The summed E-state index contributed by atoms with van der Waals surface area (Å²) in [6.45, 7) is 0. The molecule has 0 saturated carbocycles. The van der Waals surface area contributed by atoms with Gasteiger partial charge in [0.1, 0.15) is 5.92 Å². The third kappa shape index (κ3) is 4.34. The third-order valence-electron chi connectivity index (χ3n) is 4.67. The fraction of sp³-hybridized carbons (Fsp3) is 0.190. The average molecular weight is 423 g/mol. The van der Waals surface area contributed by atoms with Gasteiger partial charge in [0.15, 0.2) is 0 Å². The first kappa shape index (κ1) is 21.1. The quantitative estimate of drug-likeness (QED) is 0.327. The first-order valence-electron chi connectivity index (χ1n) is 8.90. The molecule has 2 atom stereocenters. The Morgan fingerprint density at radius 3 is 2.47 bits per heavy atom. The van der Waals surface area contributed by atoms with Crippen molar-refractivity contribution in [2.45, 2.75) is 11.7 Å². The maximum atomic E-state index is 12.7. The number of carbonyl (C=O) groups excluding carboxylic acids is 2. The van der Waals surface area contributed by atoms with Crippen molar-refractivity contribution < 1.29 is 19.2 Å². The fourth-order valence-corrected chi connectivity index (χ4v) is 4.21. The second-order valence-electron chi connectivity index (χ2n) is 6.45. The molecule has 1 heterocycles. The van der Waals surface area contributed by atoms with Crippen LogP contribution in [0.15, 0.2) is 65.2 Å². The van der Waals surface area contributed by atoms with Crippen LogP contribution in [0.3, 0.4) is 0 Å². The van der Waals surface area contributed by atoms with Gasteiger partial charge in [-0.15, -0.1) is 11.8 Å². The van der Waals surface area contributed by atoms with E-state index in [4.69, 9.17) is 4.74 Å². The van der Waals surface area contributed by atoms with Crippen LogP contribution in [0.1, 0.15) is 17.0 Å². The molecule has 0 unspecified atom stereocenters. The van der Waals surface area contributed by atoms with Crippen LogP contribution in [0.4, 0.5) is 5.69 Å². The van der Waals surface area contributed by atoms with Crippen molar-refractivity contribution in [3.8, 4) is 6.07 Å². The molecule has 1 aliphatic heterocycles. The monoisotopic (exact) mass is 423 g/mol. The number of ether oxygens (including phenoxy) is 1. The van der Waals surface area contributed by atoms with E-state index in [0.717, 1.165) is 5.56 Å². The molecule has 0 aromatic heterocycles. The van der Waals surface area contributed by atoms with Gasteiger partial charge in [0.25, 0.3) is 5.69 Å². The normalized spacial score (nSPS) is 18.3. The summed E-state index contributed by atoms with van der Waals surface area (Å²) in [5.74, 6) is -2.81. The first-order valence-corrected chi connectivity index (χ1v) is 9.89. The van der Waals surface area contributed by atoms with Gasteiger partial charge in [-0.2, -0.15) is 5.26 Å². The fourth-order valence-electron chi connectivity index (χ4n) is 3.21. The summed E-state index contributed by atoms with van der Waals surface area (Å²) in [4.78, 5) is 35.4. The van der Waals surface area contributed by atoms with Gasteiger partial charge in [-0.05, 0) is 11.1 Å². The number of hydrogen-bond donors (Lipinski definition) is 1. The summed E-state index contributed by atoms with van der Waals surface area (Å²) in [6, 6.07) is 17.0. The number of allylic oxidation sites excluding steroid dienone is 1. The van der Waals surface area contributed by atoms with Crippen molar-refractivity contribution in [3.05, 3.63) is 86.4 Å². The van der Waals surface area contributed by atoms with Crippen molar-refractivity contribution in [1.82, 2.24) is 5.32 Å². The zero-order valence-electron chi connectivity index (χ0n) is 15.9. The molecule has 0 fully saturated rings. The van der Waals surface area contributed by atoms with Crippen molar-refractivity contribution >= 4 is 29.3 Å². The van der Waals surface area contributed by atoms with Gasteiger partial charge in [0.05, 0.1) is 28.7 Å². The predicted molar refractivity (Wildman–Crippen MR) is 110 cm³/mol. The highest BCUT2D eigenvalue weighted by Gasteiger charge is 2.44. The number of nitrogens with zero attached hydrogens (tertiary/aromatic N) is 2. The van der Waals surface area contributed by atoms with E-state index in [1.165, 1.54) is 31.0 Å². The molecule has 152 valence electrons. The lowest BCUT2D eigenvalue weighted by Gasteiger charge is -2.31. The number of esters is 1. The summed E-state index contributed by atoms with van der Waals surface area (Å²) in [7, 11) is 1.20. The Bertz CT molecular complexity index is 1040. The molecule has 2 aromatic rings. The molecule has 0 saturated heterocycles. The highest BCUT2D eigenvalue weighted by molar-refractivity contribution is 8.02. The van der Waals surface area contributed by atoms with Crippen LogP contribution in [0.25, 0.3) is 0 Å². The summed E-state index contributed by atoms with van der Waals surface area (Å²) >= 11 is 1.22. The highest BCUT2D eigenvalue weighted by Crippen LogP contribution is 2.40. The minimum atomic E-state index is -1.17. The zero-order valence-corrected chi connectivity index (χ0v) is 16.7. The first-order chi connectivity index (χ1) is 14.5. The third-order valence-corrected chi connectivity index (χ3v) is 5.76. The van der Waals surface area contributed by atoms with Gasteiger partial charge in [0.2, 0.25) is 5.91 Å². The van der Waals surface area contributed by atoms with Crippen LogP contribution >= 0.6 is 11.8 Å². The lowest BCUT2D eigenvalue weighted by atomic mass is 9.78. The molecule has 1 amide bonds. The Morgan fingerprint density at radius 2 is 1.90 bits per heavy atom. The minimum absolute atomic E-state index is 0.0169. The smallest absolute Gasteiger partial charge is 0.319 e. The summed E-state index contributed by atoms with van der Waals surface area (Å²) in [5.41, 5.74) is 1.70. The van der Waals surface area contributed by atoms with E-state index in [0.29, 0.717) is 16.3 Å². The summed E-state index contributed by atoms with van der Waals surface area (Å²) in [5, 5.41) is 23.6. The number of non-ortho nitro benzene ring substituents is 1. The van der Waals surface area contributed by atoms with Crippen molar-refractivity contribution in [2.24, 2.45) is 5.92 Å². The maximum Gasteiger partial charge on any atom is 0.319 e. The molecule has 9 heteroatoms. The van der Waals surface area contributed by atoms with Crippen LogP contribution in [0, 0.1) is 27.4 Å². The number of rotatable bonds is 6. The molecule has 0 aliphatic carbocycles. The molecule has 3 rings (SSSR count). The number of nitrogens with one attached hydrogen (secondary N) is 1. The molecule has 1 N–H and O–H groups in total. The predicted octanol–water partition coefficient (Wildman–Crippen LogP) is 3.27. The van der Waals surface area contributed by atoms with E-state index in [1.807, 2.05) is 0 Å². The molecular weight excluding hydrogens is 406 g/mol. The molecule has 30 heavy (non-hydrogen) atoms. The molecule has 8 nitrogen and oxygen atoms in total. The van der Waals surface area contributed by atoms with E-state index in [9.17, 15) is 25.0 Å². The number of nitriles is 1. The van der Waals surface area contributed by atoms with Crippen molar-refractivity contribution in [1.29, 1.82) is 5.26 Å². The van der Waals surface area contributed by atoms with E-state index in [-0.39, 0.29) is 11.3 Å². The highest BCUT2D eigenvalue weighted by atomic mass is 32.2. The van der Waals surface area contributed by atoms with Gasteiger partial charge in [-0.3, -0.25) is 19.7 Å². The Morgan fingerprint density at radius 1 is 1.23 bits per heavy atom. The van der Waals surface area contributed by atoms with Crippen molar-refractivity contribution in [3.63, 3.8) is 0 Å². The van der Waals surface area contributed by atoms with Gasteiger partial charge in [0, 0.05) is 23.8 Å². The van der Waals surface area contributed by atoms with Crippen molar-refractivity contribution in [2.75, 3.05) is 7.11 Å². The molecule has 1 aliphatic rings. The second kappa shape index (κ2) is 9.24. The number of hydrogen-bond acceptors (Lipinski definition) is 7. The molecular formula is C21H17N3O5S. The van der Waals surface area contributed by atoms with Crippen LogP contribution in [0.2, 0.25) is 0 Å². The van der Waals surface area contributed by atoms with Crippen LogP contribution < -0.4 is 5.32 Å². The number of nitro groups is 1. The number of carbonyl (C=O) groups is 2. The lowest BCUT2D eigenvalue weighted by Crippen LogP contribution is -2.44. The number of thioether (sulfide) groups is 1. The molecule has 0 radical (unpaired) electrons. The second-order valence-corrected chi connectivity index (χ2v) is 7.43. The number of nitro benzene ring substituents is 1.